The maximum atomic E-state index is 13.3. The summed E-state index contributed by atoms with van der Waals surface area (Å²) in [5.74, 6) is 0.206. The van der Waals surface area contributed by atoms with Gasteiger partial charge in [-0.05, 0) is 24.6 Å². The van der Waals surface area contributed by atoms with E-state index >= 15 is 0 Å². The predicted octanol–water partition coefficient (Wildman–Crippen LogP) is 2.40. The number of halogens is 2. The lowest BCUT2D eigenvalue weighted by molar-refractivity contribution is 0.0736. The highest BCUT2D eigenvalue weighted by atomic mass is 35.5. The van der Waals surface area contributed by atoms with Gasteiger partial charge in [0.25, 0.3) is 0 Å². The van der Waals surface area contributed by atoms with Crippen LogP contribution in [-0.2, 0) is 7.05 Å². The van der Waals surface area contributed by atoms with E-state index in [1.54, 1.807) is 29.2 Å². The Morgan fingerprint density at radius 3 is 2.87 bits per heavy atom. The normalized spacial score (nSPS) is 23.2. The van der Waals surface area contributed by atoms with Crippen LogP contribution in [0.1, 0.15) is 18.5 Å². The highest BCUT2D eigenvalue weighted by Crippen LogP contribution is 2.29. The summed E-state index contributed by atoms with van der Waals surface area (Å²) < 4.78 is 20.8. The van der Waals surface area contributed by atoms with Gasteiger partial charge in [-0.15, -0.1) is 0 Å². The van der Waals surface area contributed by atoms with E-state index < -0.39 is 11.9 Å². The topological polar surface area (TPSA) is 50.5 Å². The lowest BCUT2D eigenvalue weighted by atomic mass is 10.1. The van der Waals surface area contributed by atoms with E-state index in [9.17, 15) is 9.50 Å². The van der Waals surface area contributed by atoms with Gasteiger partial charge in [0.15, 0.2) is 5.75 Å². The largest absolute Gasteiger partial charge is 0.483 e. The Morgan fingerprint density at radius 2 is 2.22 bits per heavy atom. The number of nitrogens with zero attached hydrogens (tertiary/aromatic N) is 3. The monoisotopic (exact) mass is 339 g/mol. The molecule has 7 heteroatoms. The van der Waals surface area contributed by atoms with E-state index in [0.717, 1.165) is 5.56 Å². The Labute approximate surface area is 139 Å². The summed E-state index contributed by atoms with van der Waals surface area (Å²) in [6.07, 6.45) is 2.48. The van der Waals surface area contributed by atoms with Gasteiger partial charge in [0.1, 0.15) is 18.0 Å². The summed E-state index contributed by atoms with van der Waals surface area (Å²) in [6, 6.07) is 4.71. The predicted molar refractivity (Wildman–Crippen MR) is 85.0 cm³/mol. The molecule has 1 unspecified atom stereocenters. The van der Waals surface area contributed by atoms with Crippen molar-refractivity contribution in [2.75, 3.05) is 13.1 Å². The van der Waals surface area contributed by atoms with Crippen molar-refractivity contribution in [1.82, 2.24) is 14.7 Å². The number of aromatic nitrogens is 2. The first-order chi connectivity index (χ1) is 10.9. The molecule has 2 aromatic rings. The number of aliphatic hydroxyl groups excluding tert-OH is 1. The molecule has 0 radical (unpaired) electrons. The average Bonchev–Trinajstić information content (AvgIpc) is 3.08. The number of hydrogen-bond acceptors (Lipinski definition) is 4. The zero-order valence-corrected chi connectivity index (χ0v) is 13.7. The van der Waals surface area contributed by atoms with Crippen LogP contribution >= 0.6 is 11.6 Å². The molecular formula is C16H19ClFN3O2. The van der Waals surface area contributed by atoms with E-state index in [1.165, 1.54) is 6.07 Å². The van der Waals surface area contributed by atoms with Crippen LogP contribution in [0.4, 0.5) is 4.39 Å². The van der Waals surface area contributed by atoms with Gasteiger partial charge in [-0.3, -0.25) is 9.58 Å². The van der Waals surface area contributed by atoms with Crippen LogP contribution in [0.15, 0.2) is 30.6 Å². The fourth-order valence-electron chi connectivity index (χ4n) is 2.83. The molecule has 3 atom stereocenters. The number of aryl methyl sites for hydroxylation is 1. The SMILES string of the molecule is CC(c1ccc(F)c(Cl)c1)N1C[C@@H](O)[C@H](Oc2cnn(C)c2)C1. The molecule has 3 rings (SSSR count). The van der Waals surface area contributed by atoms with Crippen LogP contribution in [0, 0.1) is 5.82 Å². The first kappa shape index (κ1) is 16.2. The van der Waals surface area contributed by atoms with Crippen molar-refractivity contribution in [3.63, 3.8) is 0 Å². The molecule has 124 valence electrons. The first-order valence-corrected chi connectivity index (χ1v) is 7.84. The second-order valence-corrected chi connectivity index (χ2v) is 6.28. The molecule has 23 heavy (non-hydrogen) atoms. The molecule has 1 aromatic carbocycles. The third kappa shape index (κ3) is 3.49. The maximum absolute atomic E-state index is 13.3. The molecule has 1 aliphatic heterocycles. The smallest absolute Gasteiger partial charge is 0.157 e. The highest BCUT2D eigenvalue weighted by molar-refractivity contribution is 6.30. The van der Waals surface area contributed by atoms with Crippen LogP contribution < -0.4 is 4.74 Å². The minimum atomic E-state index is -0.589. The minimum absolute atomic E-state index is 0.00486. The molecule has 1 saturated heterocycles. The Bertz CT molecular complexity index is 694. The van der Waals surface area contributed by atoms with Gasteiger partial charge in [0.2, 0.25) is 0 Å². The van der Waals surface area contributed by atoms with E-state index in [1.807, 2.05) is 14.0 Å². The number of aliphatic hydroxyl groups is 1. The van der Waals surface area contributed by atoms with Crippen LogP contribution in [0.3, 0.4) is 0 Å². The molecule has 1 aliphatic rings. The summed E-state index contributed by atoms with van der Waals surface area (Å²) in [5, 5.41) is 14.4. The molecule has 1 N–H and O–H groups in total. The van der Waals surface area contributed by atoms with Crippen LogP contribution in [0.5, 0.6) is 5.75 Å². The summed E-state index contributed by atoms with van der Waals surface area (Å²) in [4.78, 5) is 2.09. The number of β-amino-alcohol motifs (C(OH)–C–C–N with tert-alkyl or cyclic N) is 1. The third-order valence-electron chi connectivity index (χ3n) is 4.21. The van der Waals surface area contributed by atoms with Crippen molar-refractivity contribution in [3.05, 3.63) is 47.0 Å². The molecule has 0 saturated carbocycles. The van der Waals surface area contributed by atoms with Crippen molar-refractivity contribution in [3.8, 4) is 5.75 Å². The van der Waals surface area contributed by atoms with Gasteiger partial charge in [-0.2, -0.15) is 5.10 Å². The fourth-order valence-corrected chi connectivity index (χ4v) is 3.02. The van der Waals surface area contributed by atoms with Crippen LogP contribution in [0.2, 0.25) is 5.02 Å². The van der Waals surface area contributed by atoms with Gasteiger partial charge in [-0.1, -0.05) is 17.7 Å². The first-order valence-electron chi connectivity index (χ1n) is 7.46. The van der Waals surface area contributed by atoms with Gasteiger partial charge in [0.05, 0.1) is 17.4 Å². The minimum Gasteiger partial charge on any atom is -0.483 e. The van der Waals surface area contributed by atoms with Crippen LogP contribution in [0.25, 0.3) is 0 Å². The van der Waals surface area contributed by atoms with Gasteiger partial charge in [0, 0.05) is 26.2 Å². The molecule has 5 nitrogen and oxygen atoms in total. The molecule has 2 heterocycles. The standard InChI is InChI=1S/C16H19ClFN3O2/c1-10(11-3-4-14(18)13(17)5-11)21-8-15(22)16(9-21)23-12-6-19-20(2)7-12/h3-7,10,15-16,22H,8-9H2,1-2H3/t10?,15-,16-/m1/s1. The molecule has 0 aliphatic carbocycles. The molecule has 1 aromatic heterocycles. The number of rotatable bonds is 4. The lowest BCUT2D eigenvalue weighted by Crippen LogP contribution is -2.30. The van der Waals surface area contributed by atoms with Crippen LogP contribution in [-0.4, -0.2) is 45.1 Å². The van der Waals surface area contributed by atoms with Crippen molar-refractivity contribution in [1.29, 1.82) is 0 Å². The maximum Gasteiger partial charge on any atom is 0.157 e. The summed E-state index contributed by atoms with van der Waals surface area (Å²) >= 11 is 5.85. The number of ether oxygens (including phenoxy) is 1. The quantitative estimate of drug-likeness (QED) is 0.929. The van der Waals surface area contributed by atoms with E-state index in [0.29, 0.717) is 18.8 Å². The summed E-state index contributed by atoms with van der Waals surface area (Å²) in [5.41, 5.74) is 0.908. The Morgan fingerprint density at radius 1 is 1.43 bits per heavy atom. The average molecular weight is 340 g/mol. The van der Waals surface area contributed by atoms with Crippen molar-refractivity contribution in [2.24, 2.45) is 7.05 Å². The molecule has 0 spiro atoms. The molecular weight excluding hydrogens is 321 g/mol. The third-order valence-corrected chi connectivity index (χ3v) is 4.50. The number of likely N-dealkylation sites (tertiary alicyclic amines) is 1. The number of hydrogen-bond donors (Lipinski definition) is 1. The molecule has 0 amide bonds. The van der Waals surface area contributed by atoms with E-state index in [-0.39, 0.29) is 17.2 Å². The van der Waals surface area contributed by atoms with E-state index in [2.05, 4.69) is 10.00 Å². The zero-order valence-electron chi connectivity index (χ0n) is 13.0. The summed E-state index contributed by atoms with van der Waals surface area (Å²) in [7, 11) is 1.81. The summed E-state index contributed by atoms with van der Waals surface area (Å²) in [6.45, 7) is 3.07. The Hall–Kier alpha value is -1.63. The second kappa shape index (κ2) is 6.47. The fraction of sp³-hybridized carbons (Fsp3) is 0.438. The van der Waals surface area contributed by atoms with Gasteiger partial charge in [-0.25, -0.2) is 4.39 Å². The Kier molecular flexibility index (Phi) is 4.57. The van der Waals surface area contributed by atoms with Crippen molar-refractivity contribution < 1.29 is 14.2 Å². The highest BCUT2D eigenvalue weighted by Gasteiger charge is 2.36. The van der Waals surface area contributed by atoms with Gasteiger partial charge >= 0.3 is 0 Å². The Balaban J connectivity index is 1.68. The lowest BCUT2D eigenvalue weighted by Gasteiger charge is -2.24. The number of benzene rings is 1. The zero-order chi connectivity index (χ0) is 16.6. The molecule has 0 bridgehead atoms. The van der Waals surface area contributed by atoms with E-state index in [4.69, 9.17) is 16.3 Å². The second-order valence-electron chi connectivity index (χ2n) is 5.88. The van der Waals surface area contributed by atoms with Crippen molar-refractivity contribution >= 4 is 11.6 Å². The van der Waals surface area contributed by atoms with Crippen molar-refractivity contribution in [2.45, 2.75) is 25.2 Å². The molecule has 1 fully saturated rings. The van der Waals surface area contributed by atoms with Gasteiger partial charge < -0.3 is 9.84 Å².